The number of amides is 1. The summed E-state index contributed by atoms with van der Waals surface area (Å²) in [6, 6.07) is 16.6. The third kappa shape index (κ3) is 7.17. The first-order valence-corrected chi connectivity index (χ1v) is 14.5. The van der Waals surface area contributed by atoms with Crippen molar-refractivity contribution in [2.75, 3.05) is 31.6 Å². The first-order chi connectivity index (χ1) is 19.6. The smallest absolute Gasteiger partial charge is 0.410 e. The molecule has 2 unspecified atom stereocenters. The van der Waals surface area contributed by atoms with Crippen LogP contribution in [0, 0.1) is 5.92 Å². The number of ether oxygens (including phenoxy) is 2. The summed E-state index contributed by atoms with van der Waals surface area (Å²) in [7, 11) is 1.34. The molecule has 9 heteroatoms. The number of anilines is 1. The number of esters is 1. The highest BCUT2D eigenvalue weighted by atomic mass is 35.5. The molecule has 0 N–H and O–H groups in total. The Kier molecular flexibility index (Phi) is 8.50. The summed E-state index contributed by atoms with van der Waals surface area (Å²) in [4.78, 5) is 37.9. The predicted octanol–water partition coefficient (Wildman–Crippen LogP) is 6.59. The maximum absolute atomic E-state index is 13.4. The highest BCUT2D eigenvalue weighted by Crippen LogP contribution is 2.46. The van der Waals surface area contributed by atoms with Crippen LogP contribution in [-0.2, 0) is 9.47 Å². The normalized spacial score (nSPS) is 19.0. The minimum absolute atomic E-state index is 0.124. The summed E-state index contributed by atoms with van der Waals surface area (Å²) in [6.07, 6.45) is 5.51. The van der Waals surface area contributed by atoms with Gasteiger partial charge in [-0.1, -0.05) is 48.0 Å². The molecule has 0 spiro atoms. The lowest BCUT2D eigenvalue weighted by molar-refractivity contribution is 0.0190. The standard InChI is InChI=1S/C32H37ClN4O4/c1-32(2,3)41-31(39)37(20-21-13-15-36(16-14-21)30-34-18-25(19-35-30)29(38)40-4)28-17-27(28)24-7-5-22(6-8-24)23-9-11-26(33)12-10-23/h5-12,18-19,21,27-28H,13-17,20H2,1-4H3. The van der Waals surface area contributed by atoms with Crippen LogP contribution < -0.4 is 4.90 Å². The van der Waals surface area contributed by atoms with Gasteiger partial charge in [0.15, 0.2) is 0 Å². The largest absolute Gasteiger partial charge is 0.465 e. The zero-order valence-corrected chi connectivity index (χ0v) is 24.8. The van der Waals surface area contributed by atoms with Gasteiger partial charge in [0.25, 0.3) is 0 Å². The number of rotatable bonds is 7. The van der Waals surface area contributed by atoms with Gasteiger partial charge >= 0.3 is 12.1 Å². The molecule has 0 bridgehead atoms. The third-order valence-corrected chi connectivity index (χ3v) is 7.97. The van der Waals surface area contributed by atoms with E-state index >= 15 is 0 Å². The number of methoxy groups -OCH3 is 1. The number of carbonyl (C=O) groups excluding carboxylic acids is 2. The van der Waals surface area contributed by atoms with Crippen LogP contribution in [0.3, 0.4) is 0 Å². The number of aromatic nitrogens is 2. The summed E-state index contributed by atoms with van der Waals surface area (Å²) in [5.41, 5.74) is 3.28. The van der Waals surface area contributed by atoms with Crippen molar-refractivity contribution < 1.29 is 19.1 Å². The summed E-state index contributed by atoms with van der Waals surface area (Å²) in [5, 5.41) is 0.724. The zero-order valence-electron chi connectivity index (χ0n) is 24.0. The van der Waals surface area contributed by atoms with Crippen LogP contribution in [0.2, 0.25) is 5.02 Å². The second-order valence-electron chi connectivity index (χ2n) is 11.9. The highest BCUT2D eigenvalue weighted by molar-refractivity contribution is 6.30. The minimum Gasteiger partial charge on any atom is -0.465 e. The number of piperidine rings is 1. The first kappa shape index (κ1) is 28.9. The van der Waals surface area contributed by atoms with Gasteiger partial charge in [-0.25, -0.2) is 19.6 Å². The van der Waals surface area contributed by atoms with Crippen molar-refractivity contribution in [2.45, 2.75) is 57.6 Å². The number of hydrogen-bond acceptors (Lipinski definition) is 7. The Balaban J connectivity index is 1.22. The number of halogens is 1. The highest BCUT2D eigenvalue weighted by Gasteiger charge is 2.46. The predicted molar refractivity (Wildman–Crippen MR) is 159 cm³/mol. The molecule has 41 heavy (non-hydrogen) atoms. The fourth-order valence-electron chi connectivity index (χ4n) is 5.42. The van der Waals surface area contributed by atoms with Gasteiger partial charge in [-0.05, 0) is 74.8 Å². The summed E-state index contributed by atoms with van der Waals surface area (Å²) >= 11 is 6.05. The number of benzene rings is 2. The molecule has 5 rings (SSSR count). The molecule has 3 aromatic rings. The van der Waals surface area contributed by atoms with Crippen molar-refractivity contribution in [3.8, 4) is 11.1 Å². The average Bonchev–Trinajstić information content (AvgIpc) is 3.76. The summed E-state index contributed by atoms with van der Waals surface area (Å²) < 4.78 is 10.6. The van der Waals surface area contributed by atoms with Crippen LogP contribution in [0.15, 0.2) is 60.9 Å². The molecule has 216 valence electrons. The van der Waals surface area contributed by atoms with E-state index in [0.29, 0.717) is 29.9 Å². The SMILES string of the molecule is COC(=O)c1cnc(N2CCC(CN(C(=O)OC(C)(C)C)C3CC3c3ccc(-c4ccc(Cl)cc4)cc3)CC2)nc1. The van der Waals surface area contributed by atoms with Crippen molar-refractivity contribution >= 4 is 29.6 Å². The second kappa shape index (κ2) is 12.1. The maximum Gasteiger partial charge on any atom is 0.410 e. The van der Waals surface area contributed by atoms with Crippen LogP contribution in [0.5, 0.6) is 0 Å². The Morgan fingerprint density at radius 2 is 1.56 bits per heavy atom. The molecule has 1 aliphatic heterocycles. The average molecular weight is 577 g/mol. The summed E-state index contributed by atoms with van der Waals surface area (Å²) in [6.45, 7) is 7.96. The fourth-order valence-corrected chi connectivity index (χ4v) is 5.54. The molecule has 1 saturated carbocycles. The van der Waals surface area contributed by atoms with Crippen molar-refractivity contribution in [1.29, 1.82) is 0 Å². The molecule has 2 atom stereocenters. The molecule has 0 radical (unpaired) electrons. The molecule has 1 aromatic heterocycles. The van der Waals surface area contributed by atoms with Crippen LogP contribution >= 0.6 is 11.6 Å². The molecule has 1 aliphatic carbocycles. The fraction of sp³-hybridized carbons (Fsp3) is 0.438. The Hall–Kier alpha value is -3.65. The quantitative estimate of drug-likeness (QED) is 0.293. The maximum atomic E-state index is 13.4. The van der Waals surface area contributed by atoms with Gasteiger partial charge in [0, 0.05) is 49.0 Å². The molecule has 2 heterocycles. The van der Waals surface area contributed by atoms with Crippen LogP contribution in [0.25, 0.3) is 11.1 Å². The van der Waals surface area contributed by atoms with Crippen molar-refractivity contribution in [3.63, 3.8) is 0 Å². The Labute approximate surface area is 246 Å². The van der Waals surface area contributed by atoms with Crippen molar-refractivity contribution in [2.24, 2.45) is 5.92 Å². The number of hydrogen-bond donors (Lipinski definition) is 0. The molecule has 8 nitrogen and oxygen atoms in total. The monoisotopic (exact) mass is 576 g/mol. The zero-order chi connectivity index (χ0) is 29.1. The van der Waals surface area contributed by atoms with Crippen LogP contribution in [-0.4, -0.2) is 65.3 Å². The van der Waals surface area contributed by atoms with Crippen LogP contribution in [0.4, 0.5) is 10.7 Å². The number of nitrogens with zero attached hydrogens (tertiary/aromatic N) is 4. The Bertz CT molecular complexity index is 1350. The molecular formula is C32H37ClN4O4. The van der Waals surface area contributed by atoms with E-state index in [1.807, 2.05) is 49.9 Å². The lowest BCUT2D eigenvalue weighted by atomic mass is 9.96. The van der Waals surface area contributed by atoms with E-state index in [4.69, 9.17) is 21.1 Å². The lowest BCUT2D eigenvalue weighted by Crippen LogP contribution is -2.44. The molecule has 2 aromatic carbocycles. The van der Waals surface area contributed by atoms with E-state index in [1.54, 1.807) is 0 Å². The molecule has 1 amide bonds. The van der Waals surface area contributed by atoms with E-state index in [2.05, 4.69) is 39.1 Å². The van der Waals surface area contributed by atoms with E-state index in [0.717, 1.165) is 48.5 Å². The van der Waals surface area contributed by atoms with Crippen LogP contribution in [0.1, 0.15) is 61.9 Å². The van der Waals surface area contributed by atoms with E-state index in [-0.39, 0.29) is 12.1 Å². The first-order valence-electron chi connectivity index (χ1n) is 14.1. The topological polar surface area (TPSA) is 84.9 Å². The third-order valence-electron chi connectivity index (χ3n) is 7.71. The lowest BCUT2D eigenvalue weighted by Gasteiger charge is -2.35. The van der Waals surface area contributed by atoms with Gasteiger partial charge < -0.3 is 19.3 Å². The van der Waals surface area contributed by atoms with Gasteiger partial charge in [-0.3, -0.25) is 0 Å². The van der Waals surface area contributed by atoms with Gasteiger partial charge in [0.1, 0.15) is 5.60 Å². The molecule has 2 fully saturated rings. The van der Waals surface area contributed by atoms with E-state index in [1.165, 1.54) is 25.1 Å². The number of carbonyl (C=O) groups is 2. The van der Waals surface area contributed by atoms with Gasteiger partial charge in [0.2, 0.25) is 5.95 Å². The Morgan fingerprint density at radius 1 is 0.976 bits per heavy atom. The molecule has 2 aliphatic rings. The Morgan fingerprint density at radius 3 is 2.12 bits per heavy atom. The van der Waals surface area contributed by atoms with Gasteiger partial charge in [0.05, 0.1) is 12.7 Å². The van der Waals surface area contributed by atoms with Gasteiger partial charge in [-0.15, -0.1) is 0 Å². The second-order valence-corrected chi connectivity index (χ2v) is 12.3. The van der Waals surface area contributed by atoms with Crippen molar-refractivity contribution in [3.05, 3.63) is 77.1 Å². The molecule has 1 saturated heterocycles. The molecular weight excluding hydrogens is 540 g/mol. The van der Waals surface area contributed by atoms with Gasteiger partial charge in [-0.2, -0.15) is 0 Å². The van der Waals surface area contributed by atoms with E-state index < -0.39 is 11.6 Å². The summed E-state index contributed by atoms with van der Waals surface area (Å²) in [5.74, 6) is 0.794. The van der Waals surface area contributed by atoms with Crippen molar-refractivity contribution in [1.82, 2.24) is 14.9 Å². The minimum atomic E-state index is -0.559. The van der Waals surface area contributed by atoms with E-state index in [9.17, 15) is 9.59 Å².